The number of hydrogen-bond donors (Lipinski definition) is 1. The molecule has 1 aliphatic rings. The molecule has 0 bridgehead atoms. The Kier molecular flexibility index (Phi) is 1.38. The number of aliphatic imine (C=N–C) groups is 1. The smallest absolute Gasteiger partial charge is 0.330 e. The Morgan fingerprint density at radius 1 is 2.00 bits per heavy atom. The molecule has 1 heterocycles. The SMILES string of the molecule is CN1C=N[C@H](C(=O)O)C1. The standard InChI is InChI=1S/C5H8N2O2/c1-7-2-4(5(8)9)6-3-7/h3-4H,2H2,1H3,(H,8,9)/t4-/m0/s1. The highest BCUT2D eigenvalue weighted by atomic mass is 16.4. The van der Waals surface area contributed by atoms with Gasteiger partial charge in [0.05, 0.1) is 12.9 Å². The highest BCUT2D eigenvalue weighted by Crippen LogP contribution is 1.99. The van der Waals surface area contributed by atoms with Gasteiger partial charge in [-0.1, -0.05) is 0 Å². The molecule has 0 aromatic carbocycles. The number of hydrogen-bond acceptors (Lipinski definition) is 3. The van der Waals surface area contributed by atoms with E-state index in [0.717, 1.165) is 0 Å². The minimum Gasteiger partial charge on any atom is -0.480 e. The highest BCUT2D eigenvalue weighted by molar-refractivity contribution is 5.78. The zero-order chi connectivity index (χ0) is 6.85. The van der Waals surface area contributed by atoms with Gasteiger partial charge in [0.25, 0.3) is 0 Å². The molecule has 0 unspecified atom stereocenters. The molecule has 1 rings (SSSR count). The maximum Gasteiger partial charge on any atom is 0.330 e. The Hall–Kier alpha value is -1.06. The van der Waals surface area contributed by atoms with Crippen LogP contribution < -0.4 is 0 Å². The van der Waals surface area contributed by atoms with Crippen molar-refractivity contribution in [3.05, 3.63) is 0 Å². The molecular weight excluding hydrogens is 120 g/mol. The lowest BCUT2D eigenvalue weighted by Crippen LogP contribution is -2.25. The average molecular weight is 128 g/mol. The van der Waals surface area contributed by atoms with Crippen molar-refractivity contribution < 1.29 is 9.90 Å². The number of carboxylic acids is 1. The van der Waals surface area contributed by atoms with Crippen molar-refractivity contribution in [3.63, 3.8) is 0 Å². The summed E-state index contributed by atoms with van der Waals surface area (Å²) in [6, 6.07) is -0.546. The molecule has 0 saturated heterocycles. The van der Waals surface area contributed by atoms with Crippen LogP contribution in [-0.2, 0) is 4.79 Å². The number of aliphatic carboxylic acids is 1. The van der Waals surface area contributed by atoms with Crippen LogP contribution in [0.5, 0.6) is 0 Å². The predicted molar refractivity (Wildman–Crippen MR) is 32.5 cm³/mol. The first-order valence-corrected chi connectivity index (χ1v) is 2.66. The summed E-state index contributed by atoms with van der Waals surface area (Å²) in [7, 11) is 1.80. The fourth-order valence-electron chi connectivity index (χ4n) is 0.703. The zero-order valence-corrected chi connectivity index (χ0v) is 5.11. The second-order valence-corrected chi connectivity index (χ2v) is 2.06. The zero-order valence-electron chi connectivity index (χ0n) is 5.11. The average Bonchev–Trinajstić information content (AvgIpc) is 2.14. The van der Waals surface area contributed by atoms with Gasteiger partial charge < -0.3 is 10.0 Å². The summed E-state index contributed by atoms with van der Waals surface area (Å²) in [5.41, 5.74) is 0. The first-order valence-electron chi connectivity index (χ1n) is 2.66. The summed E-state index contributed by atoms with van der Waals surface area (Å²) in [4.78, 5) is 15.7. The molecule has 0 saturated carbocycles. The lowest BCUT2D eigenvalue weighted by atomic mass is 10.3. The third kappa shape index (κ3) is 1.19. The Morgan fingerprint density at radius 3 is 2.89 bits per heavy atom. The minimum atomic E-state index is -0.851. The van der Waals surface area contributed by atoms with Crippen LogP contribution >= 0.6 is 0 Å². The number of rotatable bonds is 1. The van der Waals surface area contributed by atoms with Gasteiger partial charge in [-0.2, -0.15) is 0 Å². The van der Waals surface area contributed by atoms with Crippen molar-refractivity contribution in [1.82, 2.24) is 4.90 Å². The lowest BCUT2D eigenvalue weighted by molar-refractivity contribution is -0.138. The van der Waals surface area contributed by atoms with Crippen LogP contribution in [0.25, 0.3) is 0 Å². The maximum atomic E-state index is 10.2. The Bertz CT molecular complexity index is 155. The normalized spacial score (nSPS) is 25.0. The monoisotopic (exact) mass is 128 g/mol. The summed E-state index contributed by atoms with van der Waals surface area (Å²) in [5.74, 6) is -0.851. The molecule has 0 radical (unpaired) electrons. The molecular formula is C5H8N2O2. The molecule has 1 aliphatic heterocycles. The molecule has 0 spiro atoms. The van der Waals surface area contributed by atoms with Gasteiger partial charge in [-0.05, 0) is 0 Å². The Balaban J connectivity index is 2.50. The highest BCUT2D eigenvalue weighted by Gasteiger charge is 2.20. The molecule has 9 heavy (non-hydrogen) atoms. The van der Waals surface area contributed by atoms with E-state index in [0.29, 0.717) is 6.54 Å². The third-order valence-electron chi connectivity index (χ3n) is 1.19. The molecule has 0 fully saturated rings. The van der Waals surface area contributed by atoms with Gasteiger partial charge in [0, 0.05) is 7.05 Å². The van der Waals surface area contributed by atoms with Gasteiger partial charge in [0.15, 0.2) is 6.04 Å². The van der Waals surface area contributed by atoms with Gasteiger partial charge in [0.2, 0.25) is 0 Å². The van der Waals surface area contributed by atoms with Crippen molar-refractivity contribution in [2.75, 3.05) is 13.6 Å². The summed E-state index contributed by atoms with van der Waals surface area (Å²) >= 11 is 0. The molecule has 0 aliphatic carbocycles. The van der Waals surface area contributed by atoms with E-state index in [1.165, 1.54) is 0 Å². The predicted octanol–water partition coefficient (Wildman–Crippen LogP) is -0.587. The molecule has 0 aromatic rings. The quantitative estimate of drug-likeness (QED) is 0.513. The maximum absolute atomic E-state index is 10.2. The van der Waals surface area contributed by atoms with Gasteiger partial charge in [-0.3, -0.25) is 4.99 Å². The molecule has 1 N–H and O–H groups in total. The Morgan fingerprint density at radius 2 is 2.67 bits per heavy atom. The second kappa shape index (κ2) is 2.05. The van der Waals surface area contributed by atoms with E-state index < -0.39 is 12.0 Å². The molecule has 0 aromatic heterocycles. The van der Waals surface area contributed by atoms with Gasteiger partial charge in [-0.15, -0.1) is 0 Å². The van der Waals surface area contributed by atoms with Crippen LogP contribution in [0.3, 0.4) is 0 Å². The van der Waals surface area contributed by atoms with E-state index in [1.807, 2.05) is 0 Å². The van der Waals surface area contributed by atoms with Crippen LogP contribution in [0, 0.1) is 0 Å². The van der Waals surface area contributed by atoms with Crippen LogP contribution in [0.1, 0.15) is 0 Å². The Labute approximate surface area is 52.8 Å². The number of nitrogens with zero attached hydrogens (tertiary/aromatic N) is 2. The first kappa shape index (κ1) is 6.07. The second-order valence-electron chi connectivity index (χ2n) is 2.06. The van der Waals surface area contributed by atoms with Crippen LogP contribution in [-0.4, -0.2) is 41.9 Å². The van der Waals surface area contributed by atoms with E-state index in [1.54, 1.807) is 18.3 Å². The van der Waals surface area contributed by atoms with Gasteiger partial charge >= 0.3 is 5.97 Å². The lowest BCUT2D eigenvalue weighted by Gasteiger charge is -2.04. The fourth-order valence-corrected chi connectivity index (χ4v) is 0.703. The van der Waals surface area contributed by atoms with Crippen molar-refractivity contribution in [1.29, 1.82) is 0 Å². The van der Waals surface area contributed by atoms with Crippen molar-refractivity contribution in [2.45, 2.75) is 6.04 Å². The summed E-state index contributed by atoms with van der Waals surface area (Å²) < 4.78 is 0. The first-order chi connectivity index (χ1) is 4.20. The topological polar surface area (TPSA) is 52.9 Å². The van der Waals surface area contributed by atoms with Crippen molar-refractivity contribution in [2.24, 2.45) is 4.99 Å². The molecule has 0 amide bonds. The number of likely N-dealkylation sites (N-methyl/N-ethyl adjacent to an activating group) is 1. The molecule has 4 heteroatoms. The van der Waals surface area contributed by atoms with E-state index in [9.17, 15) is 4.79 Å². The minimum absolute atomic E-state index is 0.495. The van der Waals surface area contributed by atoms with Crippen molar-refractivity contribution in [3.8, 4) is 0 Å². The van der Waals surface area contributed by atoms with Gasteiger partial charge in [-0.25, -0.2) is 4.79 Å². The van der Waals surface area contributed by atoms with Crippen molar-refractivity contribution >= 4 is 12.3 Å². The molecule has 50 valence electrons. The molecule has 1 atom stereocenters. The van der Waals surface area contributed by atoms with Crippen LogP contribution in [0.2, 0.25) is 0 Å². The number of carbonyl (C=O) groups is 1. The third-order valence-corrected chi connectivity index (χ3v) is 1.19. The fraction of sp³-hybridized carbons (Fsp3) is 0.600. The van der Waals surface area contributed by atoms with Crippen LogP contribution in [0.15, 0.2) is 4.99 Å². The largest absolute Gasteiger partial charge is 0.480 e. The summed E-state index contributed by atoms with van der Waals surface area (Å²) in [5, 5.41) is 8.39. The van der Waals surface area contributed by atoms with E-state index in [4.69, 9.17) is 5.11 Å². The van der Waals surface area contributed by atoms with E-state index >= 15 is 0 Å². The number of carboxylic acid groups (broad SMARTS) is 1. The molecule has 4 nitrogen and oxygen atoms in total. The van der Waals surface area contributed by atoms with Crippen LogP contribution in [0.4, 0.5) is 0 Å². The van der Waals surface area contributed by atoms with E-state index in [2.05, 4.69) is 4.99 Å². The summed E-state index contributed by atoms with van der Waals surface area (Å²) in [6.45, 7) is 0.495. The summed E-state index contributed by atoms with van der Waals surface area (Å²) in [6.07, 6.45) is 1.54. The van der Waals surface area contributed by atoms with Gasteiger partial charge in [0.1, 0.15) is 0 Å². The van der Waals surface area contributed by atoms with E-state index in [-0.39, 0.29) is 0 Å².